The van der Waals surface area contributed by atoms with Crippen LogP contribution in [0.25, 0.3) is 0 Å². The van der Waals surface area contributed by atoms with Crippen molar-refractivity contribution in [2.45, 2.75) is 39.2 Å². The highest BCUT2D eigenvalue weighted by Gasteiger charge is 2.13. The molecule has 0 heterocycles. The first-order chi connectivity index (χ1) is 9.10. The Morgan fingerprint density at radius 3 is 2.63 bits per heavy atom. The topological polar surface area (TPSA) is 32.3 Å². The highest BCUT2D eigenvalue weighted by molar-refractivity contribution is 6.42. The lowest BCUT2D eigenvalue weighted by molar-refractivity contribution is 0.246. The standard InChI is InChI=1S/C15H23Cl2NO/c1-3-5-12(8-9-19)10-18-11(2)13-6-4-7-14(16)15(13)17/h4,6-7,11-12,18-19H,3,5,8-10H2,1-2H3. The Morgan fingerprint density at radius 2 is 2.00 bits per heavy atom. The van der Waals surface area contributed by atoms with Crippen molar-refractivity contribution in [3.63, 3.8) is 0 Å². The average Bonchev–Trinajstić information content (AvgIpc) is 2.39. The second-order valence-corrected chi connectivity index (χ2v) is 5.73. The Hall–Kier alpha value is -0.280. The fraction of sp³-hybridized carbons (Fsp3) is 0.600. The minimum atomic E-state index is 0.157. The Balaban J connectivity index is 2.58. The van der Waals surface area contributed by atoms with E-state index in [0.717, 1.165) is 31.4 Å². The number of aliphatic hydroxyl groups excluding tert-OH is 1. The first-order valence-electron chi connectivity index (χ1n) is 6.88. The highest BCUT2D eigenvalue weighted by Crippen LogP contribution is 2.29. The van der Waals surface area contributed by atoms with Crippen molar-refractivity contribution in [1.82, 2.24) is 5.32 Å². The highest BCUT2D eigenvalue weighted by atomic mass is 35.5. The number of aliphatic hydroxyl groups is 1. The van der Waals surface area contributed by atoms with Crippen molar-refractivity contribution in [2.75, 3.05) is 13.2 Å². The number of nitrogens with one attached hydrogen (secondary N) is 1. The van der Waals surface area contributed by atoms with Crippen LogP contribution in [0.2, 0.25) is 10.0 Å². The Bertz CT molecular complexity index is 378. The van der Waals surface area contributed by atoms with Crippen molar-refractivity contribution in [1.29, 1.82) is 0 Å². The van der Waals surface area contributed by atoms with Crippen molar-refractivity contribution in [2.24, 2.45) is 5.92 Å². The molecule has 0 bridgehead atoms. The van der Waals surface area contributed by atoms with Gasteiger partial charge in [-0.3, -0.25) is 0 Å². The summed E-state index contributed by atoms with van der Waals surface area (Å²) in [4.78, 5) is 0. The van der Waals surface area contributed by atoms with Crippen LogP contribution in [0.3, 0.4) is 0 Å². The third-order valence-corrected chi connectivity index (χ3v) is 4.23. The lowest BCUT2D eigenvalue weighted by Crippen LogP contribution is -2.26. The molecule has 2 unspecified atom stereocenters. The summed E-state index contributed by atoms with van der Waals surface area (Å²) in [7, 11) is 0. The van der Waals surface area contributed by atoms with Gasteiger partial charge in [0.2, 0.25) is 0 Å². The second-order valence-electron chi connectivity index (χ2n) is 4.94. The summed E-state index contributed by atoms with van der Waals surface area (Å²) < 4.78 is 0. The summed E-state index contributed by atoms with van der Waals surface area (Å²) in [5.41, 5.74) is 1.02. The maximum Gasteiger partial charge on any atom is 0.0639 e. The predicted octanol–water partition coefficient (Wildman–Crippen LogP) is 4.44. The third kappa shape index (κ3) is 5.31. The molecule has 0 aromatic heterocycles. The lowest BCUT2D eigenvalue weighted by atomic mass is 9.99. The molecule has 1 aromatic rings. The molecule has 0 aliphatic heterocycles. The fourth-order valence-electron chi connectivity index (χ4n) is 2.25. The number of rotatable bonds is 8. The molecule has 1 aromatic carbocycles. The molecule has 19 heavy (non-hydrogen) atoms. The van der Waals surface area contributed by atoms with Crippen LogP contribution in [0.1, 0.15) is 44.7 Å². The quantitative estimate of drug-likeness (QED) is 0.744. The number of hydrogen-bond acceptors (Lipinski definition) is 2. The minimum absolute atomic E-state index is 0.157. The van der Waals surface area contributed by atoms with Gasteiger partial charge >= 0.3 is 0 Å². The Kier molecular flexibility index (Phi) is 7.77. The molecule has 0 spiro atoms. The van der Waals surface area contributed by atoms with Gasteiger partial charge in [0.1, 0.15) is 0 Å². The fourth-order valence-corrected chi connectivity index (χ4v) is 2.72. The summed E-state index contributed by atoms with van der Waals surface area (Å²) in [6, 6.07) is 5.86. The summed E-state index contributed by atoms with van der Waals surface area (Å²) in [6.45, 7) is 5.39. The first kappa shape index (κ1) is 16.8. The molecule has 0 aliphatic carbocycles. The smallest absolute Gasteiger partial charge is 0.0639 e. The zero-order valence-electron chi connectivity index (χ0n) is 11.6. The SMILES string of the molecule is CCCC(CCO)CNC(C)c1cccc(Cl)c1Cl. The van der Waals surface area contributed by atoms with Crippen LogP contribution in [0, 0.1) is 5.92 Å². The number of hydrogen-bond donors (Lipinski definition) is 2. The molecule has 0 fully saturated rings. The predicted molar refractivity (Wildman–Crippen MR) is 83.0 cm³/mol. The van der Waals surface area contributed by atoms with Crippen LogP contribution in [-0.4, -0.2) is 18.3 Å². The molecule has 0 amide bonds. The van der Waals surface area contributed by atoms with Crippen molar-refractivity contribution < 1.29 is 5.11 Å². The molecule has 108 valence electrons. The molecule has 0 saturated carbocycles. The van der Waals surface area contributed by atoms with Gasteiger partial charge < -0.3 is 10.4 Å². The van der Waals surface area contributed by atoms with E-state index in [9.17, 15) is 0 Å². The number of benzene rings is 1. The van der Waals surface area contributed by atoms with E-state index < -0.39 is 0 Å². The van der Waals surface area contributed by atoms with Gasteiger partial charge in [0.15, 0.2) is 0 Å². The van der Waals surface area contributed by atoms with Crippen LogP contribution in [0.4, 0.5) is 0 Å². The van der Waals surface area contributed by atoms with Crippen LogP contribution >= 0.6 is 23.2 Å². The normalized spacial score (nSPS) is 14.4. The maximum absolute atomic E-state index is 9.06. The van der Waals surface area contributed by atoms with Crippen LogP contribution < -0.4 is 5.32 Å². The maximum atomic E-state index is 9.06. The van der Waals surface area contributed by atoms with Crippen molar-refractivity contribution in [3.8, 4) is 0 Å². The number of halogens is 2. The monoisotopic (exact) mass is 303 g/mol. The second kappa shape index (κ2) is 8.80. The average molecular weight is 304 g/mol. The molecule has 0 radical (unpaired) electrons. The molecular weight excluding hydrogens is 281 g/mol. The van der Waals surface area contributed by atoms with Crippen LogP contribution in [0.15, 0.2) is 18.2 Å². The molecule has 2 N–H and O–H groups in total. The van der Waals surface area contributed by atoms with Gasteiger partial charge in [-0.2, -0.15) is 0 Å². The van der Waals surface area contributed by atoms with Gasteiger partial charge in [-0.15, -0.1) is 0 Å². The molecule has 4 heteroatoms. The molecule has 2 atom stereocenters. The zero-order valence-corrected chi connectivity index (χ0v) is 13.1. The van der Waals surface area contributed by atoms with Gasteiger partial charge in [0.05, 0.1) is 10.0 Å². The summed E-state index contributed by atoms with van der Waals surface area (Å²) in [5.74, 6) is 0.510. The zero-order chi connectivity index (χ0) is 14.3. The van der Waals surface area contributed by atoms with E-state index in [2.05, 4.69) is 19.2 Å². The summed E-state index contributed by atoms with van der Waals surface area (Å²) in [5, 5.41) is 13.8. The van der Waals surface area contributed by atoms with E-state index in [0.29, 0.717) is 16.0 Å². The molecule has 0 aliphatic rings. The minimum Gasteiger partial charge on any atom is -0.396 e. The van der Waals surface area contributed by atoms with Gasteiger partial charge in [0.25, 0.3) is 0 Å². The Labute approximate surface area is 126 Å². The Morgan fingerprint density at radius 1 is 1.26 bits per heavy atom. The molecule has 2 nitrogen and oxygen atoms in total. The van der Waals surface area contributed by atoms with Gasteiger partial charge in [-0.25, -0.2) is 0 Å². The van der Waals surface area contributed by atoms with Crippen LogP contribution in [-0.2, 0) is 0 Å². The third-order valence-electron chi connectivity index (χ3n) is 3.39. The van der Waals surface area contributed by atoms with Crippen molar-refractivity contribution >= 4 is 23.2 Å². The largest absolute Gasteiger partial charge is 0.396 e. The van der Waals surface area contributed by atoms with E-state index >= 15 is 0 Å². The molecule has 0 saturated heterocycles. The molecular formula is C15H23Cl2NO. The molecule has 1 rings (SSSR count). The van der Waals surface area contributed by atoms with Crippen molar-refractivity contribution in [3.05, 3.63) is 33.8 Å². The van der Waals surface area contributed by atoms with Gasteiger partial charge in [0, 0.05) is 12.6 Å². The summed E-state index contributed by atoms with van der Waals surface area (Å²) >= 11 is 12.2. The van der Waals surface area contributed by atoms with Crippen LogP contribution in [0.5, 0.6) is 0 Å². The lowest BCUT2D eigenvalue weighted by Gasteiger charge is -2.21. The van der Waals surface area contributed by atoms with E-state index in [1.807, 2.05) is 12.1 Å². The van der Waals surface area contributed by atoms with Gasteiger partial charge in [-0.05, 0) is 43.9 Å². The van der Waals surface area contributed by atoms with E-state index in [4.69, 9.17) is 28.3 Å². The first-order valence-corrected chi connectivity index (χ1v) is 7.63. The van der Waals surface area contributed by atoms with E-state index in [1.54, 1.807) is 6.07 Å². The van der Waals surface area contributed by atoms with E-state index in [-0.39, 0.29) is 12.6 Å². The van der Waals surface area contributed by atoms with E-state index in [1.165, 1.54) is 0 Å². The van der Waals surface area contributed by atoms with Gasteiger partial charge in [-0.1, -0.05) is 48.7 Å². The summed E-state index contributed by atoms with van der Waals surface area (Å²) in [6.07, 6.45) is 3.11.